The molecule has 0 saturated carbocycles. The largest absolute Gasteiger partial charge is 0.493 e. The molecule has 2 rings (SSSR count). The zero-order valence-electron chi connectivity index (χ0n) is 13.7. The molecule has 1 amide bonds. The summed E-state index contributed by atoms with van der Waals surface area (Å²) in [6, 6.07) is 7.72. The van der Waals surface area contributed by atoms with Crippen LogP contribution < -0.4 is 20.1 Å². The van der Waals surface area contributed by atoms with E-state index in [-0.39, 0.29) is 16.4 Å². The summed E-state index contributed by atoms with van der Waals surface area (Å²) >= 11 is 5.00. The number of benzene rings is 2. The molecule has 0 bridgehead atoms. The van der Waals surface area contributed by atoms with Gasteiger partial charge in [0.2, 0.25) is 5.82 Å². The lowest BCUT2D eigenvalue weighted by Gasteiger charge is -2.11. The van der Waals surface area contributed by atoms with Gasteiger partial charge in [-0.1, -0.05) is 0 Å². The maximum Gasteiger partial charge on any atom is 0.306 e. The minimum absolute atomic E-state index is 0.106. The van der Waals surface area contributed by atoms with Crippen molar-refractivity contribution < 1.29 is 23.6 Å². The van der Waals surface area contributed by atoms with Gasteiger partial charge in [0.15, 0.2) is 16.6 Å². The molecule has 0 saturated heterocycles. The van der Waals surface area contributed by atoms with E-state index in [2.05, 4.69) is 10.6 Å². The minimum atomic E-state index is -0.971. The van der Waals surface area contributed by atoms with E-state index >= 15 is 0 Å². The summed E-state index contributed by atoms with van der Waals surface area (Å²) in [4.78, 5) is 22.1. The third-order valence-corrected chi connectivity index (χ3v) is 3.48. The van der Waals surface area contributed by atoms with Crippen LogP contribution in [0.15, 0.2) is 36.4 Å². The maximum atomic E-state index is 13.3. The topological polar surface area (TPSA) is 103 Å². The van der Waals surface area contributed by atoms with Crippen molar-refractivity contribution in [2.45, 2.75) is 0 Å². The highest BCUT2D eigenvalue weighted by Crippen LogP contribution is 2.27. The molecular formula is C16H14FN3O5S. The molecule has 0 fully saturated rings. The van der Waals surface area contributed by atoms with Gasteiger partial charge in [0.25, 0.3) is 5.91 Å². The highest BCUT2D eigenvalue weighted by molar-refractivity contribution is 7.80. The van der Waals surface area contributed by atoms with Crippen LogP contribution in [-0.2, 0) is 0 Å². The van der Waals surface area contributed by atoms with Gasteiger partial charge >= 0.3 is 5.69 Å². The van der Waals surface area contributed by atoms with E-state index in [1.54, 1.807) is 6.07 Å². The van der Waals surface area contributed by atoms with E-state index in [1.807, 2.05) is 0 Å². The minimum Gasteiger partial charge on any atom is -0.493 e. The van der Waals surface area contributed by atoms with Crippen LogP contribution in [0.25, 0.3) is 0 Å². The van der Waals surface area contributed by atoms with Crippen molar-refractivity contribution >= 4 is 34.6 Å². The summed E-state index contributed by atoms with van der Waals surface area (Å²) in [5.41, 5.74) is -0.281. The quantitative estimate of drug-likeness (QED) is 0.468. The average Bonchev–Trinajstić information content (AvgIpc) is 2.62. The predicted octanol–water partition coefficient (Wildman–Crippen LogP) is 2.88. The predicted molar refractivity (Wildman–Crippen MR) is 96.3 cm³/mol. The SMILES string of the molecule is COc1ccc(C(=O)NC(=S)Nc2ccc(F)c([N+](=O)[O-])c2)cc1OC. The van der Waals surface area contributed by atoms with Crippen molar-refractivity contribution in [1.29, 1.82) is 0 Å². The van der Waals surface area contributed by atoms with E-state index in [9.17, 15) is 19.3 Å². The molecule has 2 N–H and O–H groups in total. The van der Waals surface area contributed by atoms with Gasteiger partial charge < -0.3 is 14.8 Å². The zero-order chi connectivity index (χ0) is 19.3. The van der Waals surface area contributed by atoms with E-state index in [0.29, 0.717) is 11.5 Å². The number of thiocarbonyl (C=S) groups is 1. The lowest BCUT2D eigenvalue weighted by Crippen LogP contribution is -2.34. The first-order chi connectivity index (χ1) is 12.3. The molecule has 0 atom stereocenters. The van der Waals surface area contributed by atoms with Crippen molar-refractivity contribution in [2.24, 2.45) is 0 Å². The third kappa shape index (κ3) is 4.42. The van der Waals surface area contributed by atoms with Crippen molar-refractivity contribution in [3.05, 3.63) is 57.9 Å². The lowest BCUT2D eigenvalue weighted by molar-refractivity contribution is -0.387. The number of carbonyl (C=O) groups excluding carboxylic acids is 1. The van der Waals surface area contributed by atoms with E-state index in [4.69, 9.17) is 21.7 Å². The highest BCUT2D eigenvalue weighted by atomic mass is 32.1. The number of nitro groups is 1. The van der Waals surface area contributed by atoms with Crippen LogP contribution in [0.2, 0.25) is 0 Å². The van der Waals surface area contributed by atoms with Crippen LogP contribution in [0, 0.1) is 15.9 Å². The third-order valence-electron chi connectivity index (χ3n) is 3.27. The molecule has 8 nitrogen and oxygen atoms in total. The second-order valence-electron chi connectivity index (χ2n) is 4.90. The fraction of sp³-hybridized carbons (Fsp3) is 0.125. The van der Waals surface area contributed by atoms with Crippen LogP contribution >= 0.6 is 12.2 Å². The number of amides is 1. The van der Waals surface area contributed by atoms with E-state index in [1.165, 1.54) is 32.4 Å². The number of nitro benzene ring substituents is 1. The number of hydrogen-bond donors (Lipinski definition) is 2. The first kappa shape index (κ1) is 19.1. The molecule has 10 heteroatoms. The van der Waals surface area contributed by atoms with Gasteiger partial charge in [0, 0.05) is 17.3 Å². The molecular weight excluding hydrogens is 365 g/mol. The number of carbonyl (C=O) groups is 1. The number of halogens is 1. The van der Waals surface area contributed by atoms with Crippen molar-refractivity contribution in [2.75, 3.05) is 19.5 Å². The fourth-order valence-corrected chi connectivity index (χ4v) is 2.26. The normalized spacial score (nSPS) is 9.96. The molecule has 0 unspecified atom stereocenters. The second kappa shape index (κ2) is 8.21. The van der Waals surface area contributed by atoms with Crippen molar-refractivity contribution in [1.82, 2.24) is 5.32 Å². The molecule has 26 heavy (non-hydrogen) atoms. The molecule has 0 aliphatic rings. The molecule has 0 aliphatic carbocycles. The Labute approximate surface area is 153 Å². The Morgan fingerprint density at radius 1 is 1.15 bits per heavy atom. The summed E-state index contributed by atoms with van der Waals surface area (Å²) < 4.78 is 23.5. The Morgan fingerprint density at radius 2 is 1.85 bits per heavy atom. The Bertz CT molecular complexity index is 875. The van der Waals surface area contributed by atoms with Crippen LogP contribution in [-0.4, -0.2) is 30.2 Å². The fourth-order valence-electron chi connectivity index (χ4n) is 2.05. The molecule has 0 aromatic heterocycles. The summed E-state index contributed by atoms with van der Waals surface area (Å²) in [6.07, 6.45) is 0. The van der Waals surface area contributed by atoms with Gasteiger partial charge in [0.05, 0.1) is 19.1 Å². The van der Waals surface area contributed by atoms with Gasteiger partial charge in [-0.05, 0) is 42.5 Å². The van der Waals surface area contributed by atoms with E-state index < -0.39 is 22.3 Å². The molecule has 0 aliphatic heterocycles. The Hall–Kier alpha value is -3.27. The number of methoxy groups -OCH3 is 2. The number of ether oxygens (including phenoxy) is 2. The number of nitrogens with zero attached hydrogens (tertiary/aromatic N) is 1. The van der Waals surface area contributed by atoms with Crippen molar-refractivity contribution in [3.63, 3.8) is 0 Å². The average molecular weight is 379 g/mol. The number of anilines is 1. The van der Waals surface area contributed by atoms with Gasteiger partial charge in [-0.15, -0.1) is 0 Å². The second-order valence-corrected chi connectivity index (χ2v) is 5.31. The molecule has 0 heterocycles. The maximum absolute atomic E-state index is 13.3. The zero-order valence-corrected chi connectivity index (χ0v) is 14.6. The first-order valence-corrected chi connectivity index (χ1v) is 7.55. The molecule has 2 aromatic carbocycles. The summed E-state index contributed by atoms with van der Waals surface area (Å²) in [7, 11) is 2.91. The van der Waals surface area contributed by atoms with Crippen LogP contribution in [0.1, 0.15) is 10.4 Å². The Morgan fingerprint density at radius 3 is 2.46 bits per heavy atom. The van der Waals surface area contributed by atoms with Crippen LogP contribution in [0.5, 0.6) is 11.5 Å². The smallest absolute Gasteiger partial charge is 0.306 e. The number of nitrogens with one attached hydrogen (secondary N) is 2. The Balaban J connectivity index is 2.09. The van der Waals surface area contributed by atoms with Crippen molar-refractivity contribution in [3.8, 4) is 11.5 Å². The van der Waals surface area contributed by atoms with Crippen LogP contribution in [0.3, 0.4) is 0 Å². The Kier molecular flexibility index (Phi) is 6.02. The molecule has 0 radical (unpaired) electrons. The van der Waals surface area contributed by atoms with Crippen LogP contribution in [0.4, 0.5) is 15.8 Å². The van der Waals surface area contributed by atoms with Gasteiger partial charge in [-0.3, -0.25) is 20.2 Å². The summed E-state index contributed by atoms with van der Waals surface area (Å²) in [6.45, 7) is 0. The van der Waals surface area contributed by atoms with Gasteiger partial charge in [-0.25, -0.2) is 0 Å². The summed E-state index contributed by atoms with van der Waals surface area (Å²) in [5.74, 6) is -0.669. The molecule has 136 valence electrons. The van der Waals surface area contributed by atoms with E-state index in [0.717, 1.165) is 12.1 Å². The highest BCUT2D eigenvalue weighted by Gasteiger charge is 2.16. The molecule has 0 spiro atoms. The summed E-state index contributed by atoms with van der Waals surface area (Å²) in [5, 5.41) is 15.6. The van der Waals surface area contributed by atoms with Gasteiger partial charge in [0.1, 0.15) is 0 Å². The molecule has 2 aromatic rings. The first-order valence-electron chi connectivity index (χ1n) is 7.14. The standard InChI is InChI=1S/C16H14FN3O5S/c1-24-13-6-3-9(7-14(13)25-2)15(21)19-16(26)18-10-4-5-11(17)12(8-10)20(22)23/h3-8H,1-2H3,(H2,18,19,21,26). The monoisotopic (exact) mass is 379 g/mol. The number of hydrogen-bond acceptors (Lipinski definition) is 6. The van der Waals surface area contributed by atoms with Gasteiger partial charge in [-0.2, -0.15) is 4.39 Å². The number of rotatable bonds is 5. The lowest BCUT2D eigenvalue weighted by atomic mass is 10.2.